The molecule has 71 heavy (non-hydrogen) atoms. The van der Waals surface area contributed by atoms with Crippen molar-refractivity contribution in [3.8, 4) is 11.1 Å². The van der Waals surface area contributed by atoms with E-state index in [1.165, 1.54) is 18.0 Å². The lowest BCUT2D eigenvalue weighted by atomic mass is 9.95. The number of nitrogens with zero attached hydrogens (tertiary/aromatic N) is 9. The second-order valence-corrected chi connectivity index (χ2v) is 18.7. The predicted octanol–water partition coefficient (Wildman–Crippen LogP) is 3.96. The van der Waals surface area contributed by atoms with Crippen molar-refractivity contribution < 1.29 is 28.7 Å². The summed E-state index contributed by atoms with van der Waals surface area (Å²) in [5.74, 6) is -1.06. The highest BCUT2D eigenvalue weighted by molar-refractivity contribution is 6.04. The lowest BCUT2D eigenvalue weighted by Gasteiger charge is -2.40. The fourth-order valence-corrected chi connectivity index (χ4v) is 9.82. The number of hydrogen-bond donors (Lipinski definition) is 4. The van der Waals surface area contributed by atoms with Crippen LogP contribution in [0.5, 0.6) is 0 Å². The van der Waals surface area contributed by atoms with Crippen LogP contribution in [0.1, 0.15) is 74.7 Å². The number of amides is 4. The minimum atomic E-state index is -0.911. The molecule has 5 aromatic rings. The number of aliphatic hydroxyl groups excluding tert-OH is 1. The Morgan fingerprint density at radius 3 is 2.25 bits per heavy atom. The number of aromatic nitrogens is 3. The van der Waals surface area contributed by atoms with Gasteiger partial charge in [0, 0.05) is 126 Å². The molecule has 4 aliphatic rings. The van der Waals surface area contributed by atoms with E-state index in [1.54, 1.807) is 40.5 Å². The minimum absolute atomic E-state index is 0.0125. The van der Waals surface area contributed by atoms with Crippen LogP contribution in [0.15, 0.2) is 103 Å². The van der Waals surface area contributed by atoms with Gasteiger partial charge < -0.3 is 35.3 Å². The van der Waals surface area contributed by atoms with Crippen molar-refractivity contribution in [3.63, 3.8) is 0 Å². The third-order valence-corrected chi connectivity index (χ3v) is 13.9. The first-order chi connectivity index (χ1) is 34.6. The average Bonchev–Trinajstić information content (AvgIpc) is 3.40. The molecule has 1 atom stereocenters. The van der Waals surface area contributed by atoms with Crippen molar-refractivity contribution in [1.29, 1.82) is 0 Å². The van der Waals surface area contributed by atoms with E-state index in [0.29, 0.717) is 81.7 Å². The molecule has 3 saturated heterocycles. The standard InChI is InChI=1S/C53H61FN12O5/c1-2-36-6-5-7-40(24-36)41-27-47(59-48(67)32-55-28-39-29-56-35-57-30-39)50(58-31-41)53(71)65-14-12-37(13-15-65)33-62-16-18-63(19-17-62)34-49(68)64-20-22-66(23-21-64)52(70)44-25-38(10-11-45(44)54)26-46-42-8-3-4-9-43(42)51(69)61-60-46/h3-11,24-25,27,29-31,35,37,51,55,61,69H,2,12-23,26,28,32-34H2,1H3,(H,59,67). The first-order valence-electron chi connectivity index (χ1n) is 24.6. The van der Waals surface area contributed by atoms with E-state index < -0.39 is 18.0 Å². The van der Waals surface area contributed by atoms with Crippen molar-refractivity contribution in [2.24, 2.45) is 11.0 Å². The summed E-state index contributed by atoms with van der Waals surface area (Å²) < 4.78 is 15.1. The number of aliphatic hydroxyl groups is 1. The Kier molecular flexibility index (Phi) is 15.8. The Morgan fingerprint density at radius 1 is 0.746 bits per heavy atom. The van der Waals surface area contributed by atoms with Crippen molar-refractivity contribution in [1.82, 2.24) is 50.2 Å². The van der Waals surface area contributed by atoms with Crippen LogP contribution in [0, 0.1) is 11.7 Å². The van der Waals surface area contributed by atoms with Gasteiger partial charge in [-0.25, -0.2) is 19.3 Å². The largest absolute Gasteiger partial charge is 0.368 e. The quantitative estimate of drug-likeness (QED) is 0.118. The number of rotatable bonds is 15. The highest BCUT2D eigenvalue weighted by Crippen LogP contribution is 2.29. The van der Waals surface area contributed by atoms with Gasteiger partial charge in [0.15, 0.2) is 11.9 Å². The van der Waals surface area contributed by atoms with Crippen LogP contribution in [-0.2, 0) is 29.0 Å². The zero-order chi connectivity index (χ0) is 49.3. The molecule has 4 aliphatic heterocycles. The molecule has 6 heterocycles. The fourth-order valence-electron chi connectivity index (χ4n) is 9.82. The number of piperazine rings is 2. The van der Waals surface area contributed by atoms with E-state index in [9.17, 15) is 24.3 Å². The van der Waals surface area contributed by atoms with E-state index in [-0.39, 0.29) is 35.5 Å². The van der Waals surface area contributed by atoms with Crippen molar-refractivity contribution >= 4 is 35.0 Å². The van der Waals surface area contributed by atoms with Gasteiger partial charge in [-0.2, -0.15) is 5.10 Å². The topological polar surface area (TPSA) is 192 Å². The third-order valence-electron chi connectivity index (χ3n) is 13.9. The first kappa shape index (κ1) is 49.0. The van der Waals surface area contributed by atoms with E-state index in [4.69, 9.17) is 0 Å². The molecule has 0 radical (unpaired) electrons. The summed E-state index contributed by atoms with van der Waals surface area (Å²) in [5.41, 5.74) is 10.0. The molecular formula is C53H61FN12O5. The maximum atomic E-state index is 15.1. The van der Waals surface area contributed by atoms with Crippen LogP contribution in [0.2, 0.25) is 0 Å². The molecule has 18 heteroatoms. The number of anilines is 1. The first-order valence-corrected chi connectivity index (χ1v) is 24.6. The van der Waals surface area contributed by atoms with Gasteiger partial charge in [-0.15, -0.1) is 0 Å². The molecule has 1 unspecified atom stereocenters. The van der Waals surface area contributed by atoms with Gasteiger partial charge in [-0.1, -0.05) is 61.5 Å². The van der Waals surface area contributed by atoms with Crippen LogP contribution in [0.3, 0.4) is 0 Å². The molecular weight excluding hydrogens is 904 g/mol. The van der Waals surface area contributed by atoms with E-state index in [1.807, 2.05) is 47.4 Å². The van der Waals surface area contributed by atoms with Crippen LogP contribution < -0.4 is 16.1 Å². The molecule has 4 amide bonds. The molecule has 4 N–H and O–H groups in total. The molecule has 3 aromatic carbocycles. The van der Waals surface area contributed by atoms with Gasteiger partial charge in [0.1, 0.15) is 12.1 Å². The number of hydrazone groups is 1. The number of pyridine rings is 1. The number of aryl methyl sites for hydroxylation is 1. The zero-order valence-corrected chi connectivity index (χ0v) is 40.1. The van der Waals surface area contributed by atoms with Gasteiger partial charge in [0.25, 0.3) is 11.8 Å². The molecule has 17 nitrogen and oxygen atoms in total. The Balaban J connectivity index is 0.717. The van der Waals surface area contributed by atoms with Gasteiger partial charge in [-0.3, -0.25) is 29.5 Å². The number of hydrogen-bond acceptors (Lipinski definition) is 13. The van der Waals surface area contributed by atoms with Gasteiger partial charge in [0.05, 0.1) is 30.1 Å². The fraction of sp³-hybridized carbons (Fsp3) is 0.396. The number of fused-ring (bicyclic) bond motifs is 1. The summed E-state index contributed by atoms with van der Waals surface area (Å²) in [6, 6.07) is 22.0. The molecule has 0 aliphatic carbocycles. The average molecular weight is 965 g/mol. The Labute approximate surface area is 413 Å². The molecule has 0 spiro atoms. The van der Waals surface area contributed by atoms with Crippen LogP contribution in [0.25, 0.3) is 11.1 Å². The molecule has 0 saturated carbocycles. The predicted molar refractivity (Wildman–Crippen MR) is 267 cm³/mol. The monoisotopic (exact) mass is 964 g/mol. The maximum Gasteiger partial charge on any atom is 0.274 e. The molecule has 2 aromatic heterocycles. The Hall–Kier alpha value is -6.99. The highest BCUT2D eigenvalue weighted by atomic mass is 19.1. The van der Waals surface area contributed by atoms with Gasteiger partial charge in [-0.05, 0) is 60.1 Å². The number of likely N-dealkylation sites (tertiary alicyclic amines) is 1. The smallest absolute Gasteiger partial charge is 0.274 e. The van der Waals surface area contributed by atoms with Crippen LogP contribution >= 0.6 is 0 Å². The molecule has 0 bridgehead atoms. The number of benzene rings is 3. The SMILES string of the molecule is CCc1cccc(-c2cnc(C(=O)N3CCC(CN4CCN(CC(=O)N5CCN(C(=O)c6cc(CC7=NNC(O)c8ccccc87)ccc6F)CC5)CC4)CC3)c(NC(=O)CNCc3cncnc3)c2)c1. The lowest BCUT2D eigenvalue weighted by molar-refractivity contribution is -0.134. The van der Waals surface area contributed by atoms with E-state index in [2.05, 4.69) is 65.0 Å². The number of carbonyl (C=O) groups excluding carboxylic acids is 4. The summed E-state index contributed by atoms with van der Waals surface area (Å²) in [6.45, 7) is 9.53. The summed E-state index contributed by atoms with van der Waals surface area (Å²) in [6.07, 6.45) is 8.56. The summed E-state index contributed by atoms with van der Waals surface area (Å²) >= 11 is 0. The second-order valence-electron chi connectivity index (χ2n) is 18.7. The second kappa shape index (κ2) is 22.8. The molecule has 9 rings (SSSR count). The third kappa shape index (κ3) is 12.1. The van der Waals surface area contributed by atoms with Crippen LogP contribution in [-0.4, -0.2) is 159 Å². The van der Waals surface area contributed by atoms with Gasteiger partial charge in [0.2, 0.25) is 11.8 Å². The lowest BCUT2D eigenvalue weighted by Crippen LogP contribution is -2.55. The number of piperidine rings is 1. The van der Waals surface area contributed by atoms with Crippen LogP contribution in [0.4, 0.5) is 10.1 Å². The normalized spacial score (nSPS) is 17.8. The maximum absolute atomic E-state index is 15.1. The van der Waals surface area contributed by atoms with Crippen molar-refractivity contribution in [2.45, 2.75) is 45.4 Å². The van der Waals surface area contributed by atoms with Crippen molar-refractivity contribution in [2.75, 3.05) is 90.4 Å². The zero-order valence-electron chi connectivity index (χ0n) is 40.1. The number of halogens is 1. The molecule has 3 fully saturated rings. The summed E-state index contributed by atoms with van der Waals surface area (Å²) in [7, 11) is 0. The Bertz CT molecular complexity index is 2740. The number of carbonyl (C=O) groups is 4. The summed E-state index contributed by atoms with van der Waals surface area (Å²) in [5, 5.41) is 20.7. The van der Waals surface area contributed by atoms with Crippen molar-refractivity contribution in [3.05, 3.63) is 143 Å². The van der Waals surface area contributed by atoms with E-state index in [0.717, 1.165) is 79.8 Å². The van der Waals surface area contributed by atoms with Gasteiger partial charge >= 0.3 is 0 Å². The Morgan fingerprint density at radius 2 is 1.48 bits per heavy atom. The minimum Gasteiger partial charge on any atom is -0.368 e. The summed E-state index contributed by atoms with van der Waals surface area (Å²) in [4.78, 5) is 77.0. The van der Waals surface area contributed by atoms with E-state index >= 15 is 4.39 Å². The number of nitrogens with one attached hydrogen (secondary N) is 3. The highest BCUT2D eigenvalue weighted by Gasteiger charge is 2.31. The molecule has 370 valence electrons.